The van der Waals surface area contributed by atoms with Gasteiger partial charge in [-0.05, 0) is 61.1 Å². The van der Waals surface area contributed by atoms with E-state index < -0.39 is 0 Å². The molecule has 1 aromatic heterocycles. The highest BCUT2D eigenvalue weighted by Gasteiger charge is 2.14. The third-order valence-corrected chi connectivity index (χ3v) is 4.92. The molecular formula is C17H15FN2S. The minimum absolute atomic E-state index is 0.213. The number of fused-ring (bicyclic) bond motifs is 2. The highest BCUT2D eigenvalue weighted by molar-refractivity contribution is 7.22. The number of nitrogens with zero attached hydrogens (tertiary/aromatic N) is 1. The van der Waals surface area contributed by atoms with Gasteiger partial charge < -0.3 is 5.32 Å². The number of benzene rings is 2. The molecule has 1 heterocycles. The van der Waals surface area contributed by atoms with Crippen molar-refractivity contribution in [2.75, 3.05) is 5.32 Å². The molecule has 0 spiro atoms. The van der Waals surface area contributed by atoms with Crippen molar-refractivity contribution in [1.82, 2.24) is 4.98 Å². The molecule has 0 saturated carbocycles. The fourth-order valence-electron chi connectivity index (χ4n) is 2.97. The number of aryl methyl sites for hydroxylation is 1. The van der Waals surface area contributed by atoms with E-state index >= 15 is 0 Å². The van der Waals surface area contributed by atoms with Crippen LogP contribution in [0, 0.1) is 5.82 Å². The van der Waals surface area contributed by atoms with Gasteiger partial charge in [0.2, 0.25) is 0 Å². The van der Waals surface area contributed by atoms with Crippen LogP contribution in [0.3, 0.4) is 0 Å². The lowest BCUT2D eigenvalue weighted by atomic mass is 9.90. The lowest BCUT2D eigenvalue weighted by Gasteiger charge is -2.19. The molecule has 2 aromatic carbocycles. The Kier molecular flexibility index (Phi) is 3.11. The first-order chi connectivity index (χ1) is 10.3. The zero-order valence-corrected chi connectivity index (χ0v) is 12.3. The summed E-state index contributed by atoms with van der Waals surface area (Å²) in [5, 5.41) is 4.25. The molecule has 4 heteroatoms. The molecule has 0 amide bonds. The third kappa shape index (κ3) is 2.40. The topological polar surface area (TPSA) is 24.9 Å². The average molecular weight is 298 g/mol. The van der Waals surface area contributed by atoms with Crippen molar-refractivity contribution >= 4 is 32.4 Å². The van der Waals surface area contributed by atoms with Crippen molar-refractivity contribution in [3.05, 3.63) is 53.3 Å². The van der Waals surface area contributed by atoms with Crippen molar-refractivity contribution in [1.29, 1.82) is 0 Å². The Labute approximate surface area is 126 Å². The van der Waals surface area contributed by atoms with E-state index in [-0.39, 0.29) is 5.82 Å². The Bertz CT molecular complexity index is 810. The van der Waals surface area contributed by atoms with Gasteiger partial charge in [-0.3, -0.25) is 0 Å². The average Bonchev–Trinajstić information content (AvgIpc) is 2.89. The lowest BCUT2D eigenvalue weighted by molar-refractivity contribution is 0.630. The zero-order chi connectivity index (χ0) is 14.2. The molecule has 1 aliphatic carbocycles. The molecular weight excluding hydrogens is 283 g/mol. The van der Waals surface area contributed by atoms with E-state index in [1.54, 1.807) is 12.1 Å². The minimum Gasteiger partial charge on any atom is -0.331 e. The first kappa shape index (κ1) is 12.8. The number of rotatable bonds is 2. The van der Waals surface area contributed by atoms with Gasteiger partial charge in [-0.25, -0.2) is 9.37 Å². The summed E-state index contributed by atoms with van der Waals surface area (Å²) in [6.07, 6.45) is 4.81. The Hall–Kier alpha value is -1.94. The van der Waals surface area contributed by atoms with Crippen LogP contribution in [0.2, 0.25) is 0 Å². The van der Waals surface area contributed by atoms with E-state index in [0.717, 1.165) is 33.9 Å². The molecule has 1 aliphatic rings. The quantitative estimate of drug-likeness (QED) is 0.715. The van der Waals surface area contributed by atoms with E-state index in [1.807, 2.05) is 0 Å². The highest BCUT2D eigenvalue weighted by atomic mass is 32.1. The number of hydrogen-bond acceptors (Lipinski definition) is 3. The van der Waals surface area contributed by atoms with Gasteiger partial charge in [0.05, 0.1) is 10.2 Å². The predicted molar refractivity (Wildman–Crippen MR) is 85.9 cm³/mol. The first-order valence-electron chi connectivity index (χ1n) is 7.23. The van der Waals surface area contributed by atoms with E-state index in [4.69, 9.17) is 0 Å². The monoisotopic (exact) mass is 298 g/mol. The SMILES string of the molecule is Fc1ccc2nc(Nc3cccc4c3CCCC4)sc2c1. The van der Waals surface area contributed by atoms with Crippen LogP contribution in [-0.4, -0.2) is 4.98 Å². The maximum Gasteiger partial charge on any atom is 0.188 e. The molecule has 0 aliphatic heterocycles. The Morgan fingerprint density at radius 2 is 2.00 bits per heavy atom. The van der Waals surface area contributed by atoms with E-state index in [0.29, 0.717) is 0 Å². The summed E-state index contributed by atoms with van der Waals surface area (Å²) in [6, 6.07) is 11.1. The molecule has 0 radical (unpaired) electrons. The van der Waals surface area contributed by atoms with E-state index in [2.05, 4.69) is 28.5 Å². The summed E-state index contributed by atoms with van der Waals surface area (Å²) in [4.78, 5) is 4.54. The van der Waals surface area contributed by atoms with E-state index in [9.17, 15) is 4.39 Å². The molecule has 0 bridgehead atoms. The summed E-state index contributed by atoms with van der Waals surface area (Å²) in [5.41, 5.74) is 4.84. The van der Waals surface area contributed by atoms with Crippen molar-refractivity contribution in [2.24, 2.45) is 0 Å². The van der Waals surface area contributed by atoms with E-state index in [1.165, 1.54) is 41.4 Å². The lowest BCUT2D eigenvalue weighted by Crippen LogP contribution is -2.05. The number of nitrogens with one attached hydrogen (secondary N) is 1. The summed E-state index contributed by atoms with van der Waals surface area (Å²) in [6.45, 7) is 0. The summed E-state index contributed by atoms with van der Waals surface area (Å²) in [5.74, 6) is -0.213. The van der Waals surface area contributed by atoms with Crippen LogP contribution in [0.1, 0.15) is 24.0 Å². The van der Waals surface area contributed by atoms with Gasteiger partial charge in [0, 0.05) is 5.69 Å². The van der Waals surface area contributed by atoms with Crippen LogP contribution in [0.15, 0.2) is 36.4 Å². The number of aromatic nitrogens is 1. The van der Waals surface area contributed by atoms with Gasteiger partial charge in [0.25, 0.3) is 0 Å². The molecule has 0 fully saturated rings. The molecule has 0 atom stereocenters. The maximum absolute atomic E-state index is 13.3. The van der Waals surface area contributed by atoms with Crippen molar-refractivity contribution < 1.29 is 4.39 Å². The van der Waals surface area contributed by atoms with Crippen LogP contribution < -0.4 is 5.32 Å². The summed E-state index contributed by atoms with van der Waals surface area (Å²) in [7, 11) is 0. The van der Waals surface area contributed by atoms with Gasteiger partial charge >= 0.3 is 0 Å². The van der Waals surface area contributed by atoms with Crippen LogP contribution in [0.4, 0.5) is 15.2 Å². The molecule has 106 valence electrons. The van der Waals surface area contributed by atoms with Crippen LogP contribution >= 0.6 is 11.3 Å². The van der Waals surface area contributed by atoms with Crippen molar-refractivity contribution in [3.63, 3.8) is 0 Å². The second-order valence-corrected chi connectivity index (χ2v) is 6.44. The molecule has 21 heavy (non-hydrogen) atoms. The van der Waals surface area contributed by atoms with Gasteiger partial charge in [0.1, 0.15) is 5.82 Å². The first-order valence-corrected chi connectivity index (χ1v) is 8.05. The normalized spacial score (nSPS) is 14.1. The van der Waals surface area contributed by atoms with Crippen LogP contribution in [0.5, 0.6) is 0 Å². The Morgan fingerprint density at radius 1 is 1.10 bits per heavy atom. The standard InChI is InChI=1S/C17H15FN2S/c18-12-8-9-15-16(10-12)21-17(20-15)19-14-7-3-5-11-4-1-2-6-13(11)14/h3,5,7-10H,1-2,4,6H2,(H,19,20). The fraction of sp³-hybridized carbons (Fsp3) is 0.235. The van der Waals surface area contributed by atoms with Gasteiger partial charge in [-0.2, -0.15) is 0 Å². The van der Waals surface area contributed by atoms with Gasteiger partial charge in [-0.1, -0.05) is 23.5 Å². The highest BCUT2D eigenvalue weighted by Crippen LogP contribution is 2.33. The number of thiazole rings is 1. The number of halogens is 1. The smallest absolute Gasteiger partial charge is 0.188 e. The predicted octanol–water partition coefficient (Wildman–Crippen LogP) is 5.06. The second kappa shape index (κ2) is 5.11. The molecule has 0 unspecified atom stereocenters. The Balaban J connectivity index is 1.71. The number of hydrogen-bond donors (Lipinski definition) is 1. The van der Waals surface area contributed by atoms with Crippen molar-refractivity contribution in [3.8, 4) is 0 Å². The van der Waals surface area contributed by atoms with Gasteiger partial charge in [0.15, 0.2) is 5.13 Å². The minimum atomic E-state index is -0.213. The second-order valence-electron chi connectivity index (χ2n) is 5.41. The largest absolute Gasteiger partial charge is 0.331 e. The Morgan fingerprint density at radius 3 is 2.95 bits per heavy atom. The summed E-state index contributed by atoms with van der Waals surface area (Å²) >= 11 is 1.49. The van der Waals surface area contributed by atoms with Crippen molar-refractivity contribution in [2.45, 2.75) is 25.7 Å². The van der Waals surface area contributed by atoms with Crippen LogP contribution in [0.25, 0.3) is 10.2 Å². The molecule has 1 N–H and O–H groups in total. The van der Waals surface area contributed by atoms with Crippen LogP contribution in [-0.2, 0) is 12.8 Å². The zero-order valence-electron chi connectivity index (χ0n) is 11.5. The maximum atomic E-state index is 13.3. The molecule has 4 rings (SSSR count). The summed E-state index contributed by atoms with van der Waals surface area (Å²) < 4.78 is 14.1. The third-order valence-electron chi connectivity index (χ3n) is 3.99. The molecule has 2 nitrogen and oxygen atoms in total. The van der Waals surface area contributed by atoms with Gasteiger partial charge in [-0.15, -0.1) is 0 Å². The molecule has 3 aromatic rings. The number of anilines is 2. The molecule has 0 saturated heterocycles. The fourth-order valence-corrected chi connectivity index (χ4v) is 3.87.